The summed E-state index contributed by atoms with van der Waals surface area (Å²) in [5.74, 6) is 0.456. The molecule has 0 heterocycles. The summed E-state index contributed by atoms with van der Waals surface area (Å²) in [6.07, 6.45) is 0.940. The molecule has 0 aromatic heterocycles. The Morgan fingerprint density at radius 1 is 1.39 bits per heavy atom. The van der Waals surface area contributed by atoms with Crippen molar-refractivity contribution in [2.45, 2.75) is 26.3 Å². The van der Waals surface area contributed by atoms with Crippen LogP contribution in [-0.4, -0.2) is 45.2 Å². The molecule has 0 radical (unpaired) electrons. The number of hydrogen-bond acceptors (Lipinski definition) is 3. The molecule has 0 saturated heterocycles. The van der Waals surface area contributed by atoms with Gasteiger partial charge in [-0.2, -0.15) is 0 Å². The molecule has 1 amide bonds. The number of rotatable bonds is 7. The molecule has 1 aromatic carbocycles. The minimum Gasteiger partial charge on any atom is -0.383 e. The minimum absolute atomic E-state index is 0. The van der Waals surface area contributed by atoms with Gasteiger partial charge in [0.1, 0.15) is 0 Å². The Kier molecular flexibility index (Phi) is 11.4. The van der Waals surface area contributed by atoms with Crippen molar-refractivity contribution in [1.29, 1.82) is 0 Å². The van der Waals surface area contributed by atoms with Crippen LogP contribution < -0.4 is 16.0 Å². The van der Waals surface area contributed by atoms with Gasteiger partial charge in [0.25, 0.3) is 0 Å². The SMILES string of the molecule is CCc1cccc(NC(=O)CNC(=NC)NC(C)COC)c1.I. The maximum Gasteiger partial charge on any atom is 0.243 e. The zero-order chi connectivity index (χ0) is 16.4. The van der Waals surface area contributed by atoms with Crippen LogP contribution in [0.4, 0.5) is 5.69 Å². The largest absolute Gasteiger partial charge is 0.383 e. The Hall–Kier alpha value is -1.35. The third kappa shape index (κ3) is 8.75. The number of benzene rings is 1. The molecule has 1 unspecified atom stereocenters. The van der Waals surface area contributed by atoms with Gasteiger partial charge in [0.05, 0.1) is 13.2 Å². The molecule has 6 nitrogen and oxygen atoms in total. The van der Waals surface area contributed by atoms with Gasteiger partial charge in [0.2, 0.25) is 5.91 Å². The Morgan fingerprint density at radius 2 is 2.13 bits per heavy atom. The molecule has 1 aromatic rings. The van der Waals surface area contributed by atoms with Crippen LogP contribution in [0.3, 0.4) is 0 Å². The van der Waals surface area contributed by atoms with E-state index in [1.165, 1.54) is 5.56 Å². The molecule has 0 saturated carbocycles. The second-order valence-corrected chi connectivity index (χ2v) is 5.03. The number of ether oxygens (including phenoxy) is 1. The Bertz CT molecular complexity index is 509. The zero-order valence-electron chi connectivity index (χ0n) is 14.2. The lowest BCUT2D eigenvalue weighted by Gasteiger charge is -2.17. The van der Waals surface area contributed by atoms with Crippen LogP contribution >= 0.6 is 24.0 Å². The molecule has 1 rings (SSSR count). The van der Waals surface area contributed by atoms with E-state index in [4.69, 9.17) is 4.74 Å². The highest BCUT2D eigenvalue weighted by atomic mass is 127. The van der Waals surface area contributed by atoms with E-state index in [1.54, 1.807) is 14.2 Å². The van der Waals surface area contributed by atoms with E-state index in [0.717, 1.165) is 12.1 Å². The second kappa shape index (κ2) is 12.1. The Labute approximate surface area is 155 Å². The molecular weight excluding hydrogens is 407 g/mol. The molecule has 130 valence electrons. The standard InChI is InChI=1S/C16H26N4O2.HI/c1-5-13-7-6-8-14(9-13)20-15(21)10-18-16(17-3)19-12(2)11-22-4;/h6-9,12H,5,10-11H2,1-4H3,(H,20,21)(H2,17,18,19);1H. The van der Waals surface area contributed by atoms with E-state index < -0.39 is 0 Å². The summed E-state index contributed by atoms with van der Waals surface area (Å²) in [5.41, 5.74) is 2.00. The number of nitrogens with zero attached hydrogens (tertiary/aromatic N) is 1. The fourth-order valence-electron chi connectivity index (χ4n) is 1.96. The number of halogens is 1. The van der Waals surface area contributed by atoms with Gasteiger partial charge in [-0.3, -0.25) is 9.79 Å². The van der Waals surface area contributed by atoms with E-state index in [9.17, 15) is 4.79 Å². The van der Waals surface area contributed by atoms with E-state index in [1.807, 2.05) is 31.2 Å². The monoisotopic (exact) mass is 434 g/mol. The van der Waals surface area contributed by atoms with Gasteiger partial charge in [-0.05, 0) is 31.0 Å². The van der Waals surface area contributed by atoms with Crippen molar-refractivity contribution >= 4 is 41.5 Å². The van der Waals surface area contributed by atoms with Gasteiger partial charge in [-0.15, -0.1) is 24.0 Å². The van der Waals surface area contributed by atoms with Gasteiger partial charge < -0.3 is 20.7 Å². The van der Waals surface area contributed by atoms with Crippen LogP contribution in [0.2, 0.25) is 0 Å². The quantitative estimate of drug-likeness (QED) is 0.349. The third-order valence-corrected chi connectivity index (χ3v) is 3.06. The van der Waals surface area contributed by atoms with E-state index >= 15 is 0 Å². The van der Waals surface area contributed by atoms with Crippen molar-refractivity contribution in [3.05, 3.63) is 29.8 Å². The first-order valence-corrected chi connectivity index (χ1v) is 7.44. The second-order valence-electron chi connectivity index (χ2n) is 5.03. The number of aryl methyl sites for hydroxylation is 1. The molecule has 0 fully saturated rings. The minimum atomic E-state index is -0.115. The lowest BCUT2D eigenvalue weighted by Crippen LogP contribution is -2.46. The van der Waals surface area contributed by atoms with Crippen molar-refractivity contribution in [2.75, 3.05) is 32.6 Å². The van der Waals surface area contributed by atoms with Crippen molar-refractivity contribution in [3.8, 4) is 0 Å². The maximum atomic E-state index is 12.0. The van der Waals surface area contributed by atoms with E-state index in [0.29, 0.717) is 12.6 Å². The number of carbonyl (C=O) groups is 1. The summed E-state index contributed by atoms with van der Waals surface area (Å²) >= 11 is 0. The molecule has 0 spiro atoms. The summed E-state index contributed by atoms with van der Waals surface area (Å²) in [7, 11) is 3.31. The van der Waals surface area contributed by atoms with E-state index in [2.05, 4.69) is 27.9 Å². The normalized spacial score (nSPS) is 12.1. The molecule has 0 aliphatic rings. The van der Waals surface area contributed by atoms with Crippen LogP contribution in [-0.2, 0) is 16.0 Å². The molecule has 0 bridgehead atoms. The average Bonchev–Trinajstić information content (AvgIpc) is 2.51. The summed E-state index contributed by atoms with van der Waals surface area (Å²) in [5, 5.41) is 8.98. The van der Waals surface area contributed by atoms with Crippen LogP contribution in [0.25, 0.3) is 0 Å². The van der Waals surface area contributed by atoms with Gasteiger partial charge in [-0.25, -0.2) is 0 Å². The number of anilines is 1. The highest BCUT2D eigenvalue weighted by Crippen LogP contribution is 2.10. The summed E-state index contributed by atoms with van der Waals surface area (Å²) in [4.78, 5) is 16.0. The molecule has 23 heavy (non-hydrogen) atoms. The van der Waals surface area contributed by atoms with Gasteiger partial charge in [-0.1, -0.05) is 19.1 Å². The first-order chi connectivity index (χ1) is 10.6. The zero-order valence-corrected chi connectivity index (χ0v) is 16.5. The summed E-state index contributed by atoms with van der Waals surface area (Å²) < 4.78 is 5.05. The lowest BCUT2D eigenvalue weighted by atomic mass is 10.1. The first-order valence-electron chi connectivity index (χ1n) is 7.44. The Balaban J connectivity index is 0.00000484. The van der Waals surface area contributed by atoms with Crippen molar-refractivity contribution in [2.24, 2.45) is 4.99 Å². The fraction of sp³-hybridized carbons (Fsp3) is 0.500. The Morgan fingerprint density at radius 3 is 2.74 bits per heavy atom. The average molecular weight is 434 g/mol. The predicted octanol–water partition coefficient (Wildman–Crippen LogP) is 2.01. The highest BCUT2D eigenvalue weighted by molar-refractivity contribution is 14.0. The number of amides is 1. The number of aliphatic imine (C=N–C) groups is 1. The lowest BCUT2D eigenvalue weighted by molar-refractivity contribution is -0.115. The molecular formula is C16H27IN4O2. The number of nitrogens with one attached hydrogen (secondary N) is 3. The molecule has 0 aliphatic heterocycles. The topological polar surface area (TPSA) is 74.8 Å². The van der Waals surface area contributed by atoms with Crippen molar-refractivity contribution in [3.63, 3.8) is 0 Å². The maximum absolute atomic E-state index is 12.0. The molecule has 1 atom stereocenters. The molecule has 0 aliphatic carbocycles. The number of hydrogen-bond donors (Lipinski definition) is 3. The molecule has 7 heteroatoms. The van der Waals surface area contributed by atoms with Crippen LogP contribution in [0.5, 0.6) is 0 Å². The number of guanidine groups is 1. The third-order valence-electron chi connectivity index (χ3n) is 3.06. The summed E-state index contributed by atoms with van der Waals surface area (Å²) in [6, 6.07) is 7.95. The fourth-order valence-corrected chi connectivity index (χ4v) is 1.96. The summed E-state index contributed by atoms with van der Waals surface area (Å²) in [6.45, 7) is 4.78. The smallest absolute Gasteiger partial charge is 0.243 e. The number of carbonyl (C=O) groups excluding carboxylic acids is 1. The van der Waals surface area contributed by atoms with Gasteiger partial charge in [0.15, 0.2) is 5.96 Å². The highest BCUT2D eigenvalue weighted by Gasteiger charge is 2.07. The van der Waals surface area contributed by atoms with Crippen LogP contribution in [0.1, 0.15) is 19.4 Å². The van der Waals surface area contributed by atoms with Gasteiger partial charge >= 0.3 is 0 Å². The first kappa shape index (κ1) is 21.6. The van der Waals surface area contributed by atoms with Crippen molar-refractivity contribution in [1.82, 2.24) is 10.6 Å². The van der Waals surface area contributed by atoms with Crippen LogP contribution in [0.15, 0.2) is 29.3 Å². The van der Waals surface area contributed by atoms with E-state index in [-0.39, 0.29) is 42.5 Å². The predicted molar refractivity (Wildman–Crippen MR) is 106 cm³/mol. The van der Waals surface area contributed by atoms with Crippen molar-refractivity contribution < 1.29 is 9.53 Å². The molecule has 3 N–H and O–H groups in total. The number of methoxy groups -OCH3 is 1. The van der Waals surface area contributed by atoms with Crippen LogP contribution in [0, 0.1) is 0 Å². The van der Waals surface area contributed by atoms with Gasteiger partial charge in [0, 0.05) is 25.9 Å².